The first-order chi connectivity index (χ1) is 21.7. The molecule has 3 heterocycles. The Morgan fingerprint density at radius 2 is 1.89 bits per heavy atom. The Labute approximate surface area is 265 Å². The van der Waals surface area contributed by atoms with Gasteiger partial charge in [0, 0.05) is 25.6 Å². The van der Waals surface area contributed by atoms with Crippen LogP contribution in [0.5, 0.6) is 0 Å². The fourth-order valence-electron chi connectivity index (χ4n) is 4.12. The van der Waals surface area contributed by atoms with Crippen LogP contribution in [0.1, 0.15) is 59.8 Å². The first-order valence-electron chi connectivity index (χ1n) is 14.8. The van der Waals surface area contributed by atoms with E-state index < -0.39 is 32.8 Å². The summed E-state index contributed by atoms with van der Waals surface area (Å²) in [6, 6.07) is 0. The normalized spacial score (nSPS) is 17.0. The smallest absolute Gasteiger partial charge is 0.460 e. The number of nitrogens with two attached hydrogens (primary N) is 1. The number of aryl methyl sites for hydroxylation is 2. The van der Waals surface area contributed by atoms with Crippen molar-refractivity contribution in [2.45, 2.75) is 90.7 Å². The van der Waals surface area contributed by atoms with Crippen molar-refractivity contribution >= 4 is 27.3 Å². The van der Waals surface area contributed by atoms with E-state index in [2.05, 4.69) is 16.1 Å². The molecule has 2 unspecified atom stereocenters. The number of halogens is 3. The number of fused-ring (bicyclic) bond motifs is 1. The minimum absolute atomic E-state index is 0.0214. The number of rotatable bonds is 13. The molecule has 1 aliphatic heterocycles. The second-order valence-electron chi connectivity index (χ2n) is 9.80. The fraction of sp³-hybridized carbons (Fsp3) is 0.643. The number of ether oxygens (including phenoxy) is 2. The summed E-state index contributed by atoms with van der Waals surface area (Å²) in [5, 5.41) is 11.0. The lowest BCUT2D eigenvalue weighted by molar-refractivity contribution is -0.667. The Morgan fingerprint density at radius 3 is 2.43 bits per heavy atom. The van der Waals surface area contributed by atoms with Gasteiger partial charge in [0.2, 0.25) is 0 Å². The first kappa shape index (κ1) is 40.7. The van der Waals surface area contributed by atoms with Crippen LogP contribution in [0.4, 0.5) is 13.2 Å². The van der Waals surface area contributed by atoms with Crippen LogP contribution in [0.25, 0.3) is 11.2 Å². The average molecular weight is 685 g/mol. The summed E-state index contributed by atoms with van der Waals surface area (Å²) in [6.07, 6.45) is 11.3. The molecular weight excluding hydrogens is 639 g/mol. The van der Waals surface area contributed by atoms with Crippen LogP contribution in [0.15, 0.2) is 39.8 Å². The highest BCUT2D eigenvalue weighted by Crippen LogP contribution is 2.23. The molecule has 2 aromatic heterocycles. The van der Waals surface area contributed by atoms with Gasteiger partial charge in [-0.1, -0.05) is 33.6 Å². The largest absolute Gasteiger partial charge is 0.523 e. The molecule has 0 spiro atoms. The zero-order chi connectivity index (χ0) is 35.1. The maximum absolute atomic E-state index is 13.0. The van der Waals surface area contributed by atoms with Gasteiger partial charge in [0.25, 0.3) is 5.56 Å². The summed E-state index contributed by atoms with van der Waals surface area (Å²) in [5.74, 6) is -0.525. The molecule has 1 fully saturated rings. The number of allylic oxidation sites excluding steroid dienone is 2. The van der Waals surface area contributed by atoms with Crippen molar-refractivity contribution in [1.29, 1.82) is 0 Å². The van der Waals surface area contributed by atoms with E-state index in [4.69, 9.17) is 14.6 Å². The van der Waals surface area contributed by atoms with Crippen molar-refractivity contribution in [3.8, 4) is 0 Å². The number of nitrogens with zero attached hydrogens (tertiary/aromatic N) is 4. The highest BCUT2D eigenvalue weighted by Gasteiger charge is 2.46. The SMILES string of the molecule is CC.CCCCCn1cnc2c1c(=O)n(CCOC(=O)/C(C)=C/C=C\[NH2+]C1CCC(CO)O1)c(=O)n2C.COS(=O)(=O)C(F)(F)F. The molecule has 3 N–H and O–H groups in total. The summed E-state index contributed by atoms with van der Waals surface area (Å²) in [6.45, 7) is 8.25. The highest BCUT2D eigenvalue weighted by atomic mass is 32.2. The molecule has 0 amide bonds. The van der Waals surface area contributed by atoms with Crippen molar-refractivity contribution in [1.82, 2.24) is 18.7 Å². The van der Waals surface area contributed by atoms with Crippen molar-refractivity contribution in [2.24, 2.45) is 7.05 Å². The van der Waals surface area contributed by atoms with Gasteiger partial charge in [-0.3, -0.25) is 23.4 Å². The Hall–Kier alpha value is -3.32. The third-order valence-electron chi connectivity index (χ3n) is 6.60. The number of aliphatic hydroxyl groups excluding tert-OH is 1. The van der Waals surface area contributed by atoms with Crippen molar-refractivity contribution < 1.29 is 50.5 Å². The molecule has 1 aliphatic rings. The summed E-state index contributed by atoms with van der Waals surface area (Å²) < 4.78 is 71.0. The fourth-order valence-corrected chi connectivity index (χ4v) is 4.31. The van der Waals surface area contributed by atoms with Gasteiger partial charge in [-0.15, -0.1) is 0 Å². The van der Waals surface area contributed by atoms with E-state index in [1.54, 1.807) is 43.2 Å². The Morgan fingerprint density at radius 1 is 1.22 bits per heavy atom. The van der Waals surface area contributed by atoms with Crippen LogP contribution in [0, 0.1) is 0 Å². The zero-order valence-electron chi connectivity index (χ0n) is 26.9. The van der Waals surface area contributed by atoms with Crippen LogP contribution in [-0.4, -0.2) is 76.3 Å². The third kappa shape index (κ3) is 11.5. The van der Waals surface area contributed by atoms with Gasteiger partial charge in [-0.25, -0.2) is 14.6 Å². The summed E-state index contributed by atoms with van der Waals surface area (Å²) in [5.41, 5.74) is -5.12. The molecule has 46 heavy (non-hydrogen) atoms. The molecule has 2 aromatic rings. The van der Waals surface area contributed by atoms with Crippen molar-refractivity contribution in [3.05, 3.63) is 51.1 Å². The Balaban J connectivity index is 0.000000829. The standard InChI is InChI=1S/C24H35N5O6.C2H3F3O3S.C2H6/c1-4-5-6-12-28-16-26-21-20(28)22(31)29(24(33)27(21)3)13-14-34-23(32)17(2)8-7-11-25-19-10-9-18(15-30)35-19;1-8-9(6,7)2(3,4)5;1-2/h7-8,11,16,18-19,25,30H,4-6,9-10,12-15H2,1-3H3;1H3;1-2H3/p+1/b11-7-,17-8+;;. The Kier molecular flexibility index (Phi) is 17.1. The molecule has 0 saturated carbocycles. The lowest BCUT2D eigenvalue weighted by atomic mass is 10.2. The number of alkyl halides is 3. The predicted octanol–water partition coefficient (Wildman–Crippen LogP) is 1.66. The summed E-state index contributed by atoms with van der Waals surface area (Å²) >= 11 is 0. The quantitative estimate of drug-likeness (QED) is 0.0788. The molecular formula is C28H45F3N5O9S+. The van der Waals surface area contributed by atoms with Crippen LogP contribution in [0.3, 0.4) is 0 Å². The number of esters is 1. The molecule has 0 radical (unpaired) electrons. The molecule has 1 saturated heterocycles. The summed E-state index contributed by atoms with van der Waals surface area (Å²) in [7, 11) is -3.31. The van der Waals surface area contributed by atoms with Crippen molar-refractivity contribution in [2.75, 3.05) is 20.3 Å². The molecule has 0 aliphatic carbocycles. The number of quaternary nitrogens is 1. The van der Waals surface area contributed by atoms with Gasteiger partial charge in [-0.2, -0.15) is 21.6 Å². The third-order valence-corrected chi connectivity index (χ3v) is 7.61. The molecule has 262 valence electrons. The number of hydrogen-bond donors (Lipinski definition) is 2. The molecule has 2 atom stereocenters. The highest BCUT2D eigenvalue weighted by molar-refractivity contribution is 7.87. The number of aromatic nitrogens is 4. The van der Waals surface area contributed by atoms with Gasteiger partial charge >= 0.3 is 27.3 Å². The van der Waals surface area contributed by atoms with E-state index in [9.17, 15) is 36.0 Å². The Bertz CT molecular complexity index is 1550. The van der Waals surface area contributed by atoms with Gasteiger partial charge < -0.3 is 19.1 Å². The lowest BCUT2D eigenvalue weighted by Gasteiger charge is -2.10. The molecule has 3 rings (SSSR count). The van der Waals surface area contributed by atoms with E-state index in [0.29, 0.717) is 30.4 Å². The second kappa shape index (κ2) is 19.4. The minimum atomic E-state index is -5.34. The molecule has 18 heteroatoms. The van der Waals surface area contributed by atoms with Crippen LogP contribution >= 0.6 is 0 Å². The van der Waals surface area contributed by atoms with Gasteiger partial charge in [0.1, 0.15) is 6.61 Å². The summed E-state index contributed by atoms with van der Waals surface area (Å²) in [4.78, 5) is 42.3. The topological polar surface area (TPSA) is 178 Å². The predicted molar refractivity (Wildman–Crippen MR) is 163 cm³/mol. The molecule has 14 nitrogen and oxygen atoms in total. The second-order valence-corrected chi connectivity index (χ2v) is 11.5. The number of aliphatic hydroxyl groups is 1. The van der Waals surface area contributed by atoms with E-state index in [-0.39, 0.29) is 32.1 Å². The number of hydrogen-bond acceptors (Lipinski definition) is 10. The maximum Gasteiger partial charge on any atom is 0.523 e. The van der Waals surface area contributed by atoms with E-state index in [0.717, 1.165) is 36.7 Å². The monoisotopic (exact) mass is 684 g/mol. The van der Waals surface area contributed by atoms with E-state index in [1.165, 1.54) is 4.57 Å². The van der Waals surface area contributed by atoms with Gasteiger partial charge in [-0.05, 0) is 31.9 Å². The van der Waals surface area contributed by atoms with Crippen LogP contribution in [-0.2, 0) is 48.7 Å². The number of carbonyl (C=O) groups is 1. The zero-order valence-corrected chi connectivity index (χ0v) is 27.8. The average Bonchev–Trinajstić information content (AvgIpc) is 3.68. The van der Waals surface area contributed by atoms with Crippen LogP contribution < -0.4 is 16.6 Å². The van der Waals surface area contributed by atoms with Gasteiger partial charge in [0.05, 0.1) is 38.9 Å². The number of imidazole rings is 1. The maximum atomic E-state index is 13.0. The number of unbranched alkanes of at least 4 members (excludes halogenated alkanes) is 2. The van der Waals surface area contributed by atoms with Gasteiger partial charge in [0.15, 0.2) is 17.4 Å². The minimum Gasteiger partial charge on any atom is -0.460 e. The van der Waals surface area contributed by atoms with Crippen LogP contribution in [0.2, 0.25) is 0 Å². The molecule has 0 aromatic carbocycles. The lowest BCUT2D eigenvalue weighted by Crippen LogP contribution is -2.84. The van der Waals surface area contributed by atoms with Crippen molar-refractivity contribution in [3.63, 3.8) is 0 Å². The van der Waals surface area contributed by atoms with E-state index in [1.807, 2.05) is 19.2 Å². The first-order valence-corrected chi connectivity index (χ1v) is 16.2. The van der Waals surface area contributed by atoms with E-state index >= 15 is 0 Å². The number of carbonyl (C=O) groups excluding carboxylic acids is 1. The molecule has 0 bridgehead atoms.